The van der Waals surface area contributed by atoms with Crippen LogP contribution < -0.4 is 0 Å². The number of aliphatic carboxylic acids is 1. The summed E-state index contributed by atoms with van der Waals surface area (Å²) in [6, 6.07) is 14.7. The van der Waals surface area contributed by atoms with E-state index in [1.165, 1.54) is 16.7 Å². The molecule has 0 fully saturated rings. The van der Waals surface area contributed by atoms with Crippen molar-refractivity contribution in [2.24, 2.45) is 5.92 Å². The molecule has 0 atom stereocenters. The molecule has 0 aliphatic heterocycles. The van der Waals surface area contributed by atoms with E-state index in [4.69, 9.17) is 5.11 Å². The fraction of sp³-hybridized carbons (Fsp3) is 0.250. The van der Waals surface area contributed by atoms with Gasteiger partial charge in [-0.05, 0) is 53.2 Å². The van der Waals surface area contributed by atoms with Crippen LogP contribution in [-0.4, -0.2) is 11.1 Å². The second-order valence-corrected chi connectivity index (χ2v) is 6.04. The van der Waals surface area contributed by atoms with Gasteiger partial charge in [-0.25, -0.2) is 4.79 Å². The van der Waals surface area contributed by atoms with Gasteiger partial charge in [-0.15, -0.1) is 0 Å². The van der Waals surface area contributed by atoms with Crippen molar-refractivity contribution in [1.82, 2.24) is 0 Å². The largest absolute Gasteiger partial charge is 0.478 e. The Morgan fingerprint density at radius 1 is 1.14 bits per heavy atom. The Bertz CT molecular complexity index is 679. The predicted molar refractivity (Wildman–Crippen MR) is 91.8 cm³/mol. The van der Waals surface area contributed by atoms with Crippen LogP contribution in [0, 0.1) is 12.8 Å². The highest BCUT2D eigenvalue weighted by molar-refractivity contribution is 5.85. The summed E-state index contributed by atoms with van der Waals surface area (Å²) < 4.78 is 0. The van der Waals surface area contributed by atoms with E-state index in [1.807, 2.05) is 18.2 Å². The van der Waals surface area contributed by atoms with Gasteiger partial charge in [0.15, 0.2) is 0 Å². The van der Waals surface area contributed by atoms with Crippen molar-refractivity contribution in [3.05, 3.63) is 65.2 Å². The van der Waals surface area contributed by atoms with Gasteiger partial charge >= 0.3 is 5.97 Å². The molecule has 22 heavy (non-hydrogen) atoms. The summed E-state index contributed by atoms with van der Waals surface area (Å²) in [5.41, 5.74) is 5.78. The van der Waals surface area contributed by atoms with Gasteiger partial charge in [0.2, 0.25) is 0 Å². The lowest BCUT2D eigenvalue weighted by atomic mass is 9.96. The minimum atomic E-state index is -0.928. The maximum Gasteiger partial charge on any atom is 0.328 e. The third kappa shape index (κ3) is 4.32. The van der Waals surface area contributed by atoms with E-state index in [0.717, 1.165) is 23.6 Å². The van der Waals surface area contributed by atoms with Crippen molar-refractivity contribution >= 4 is 12.0 Å². The van der Waals surface area contributed by atoms with Gasteiger partial charge in [-0.1, -0.05) is 56.3 Å². The molecule has 2 rings (SSSR count). The number of carboxylic acids is 1. The number of rotatable bonds is 5. The average Bonchev–Trinajstić information content (AvgIpc) is 2.46. The van der Waals surface area contributed by atoms with Crippen LogP contribution in [-0.2, 0) is 11.2 Å². The number of hydrogen-bond acceptors (Lipinski definition) is 1. The number of carboxylic acid groups (broad SMARTS) is 1. The van der Waals surface area contributed by atoms with Gasteiger partial charge in [0.25, 0.3) is 0 Å². The molecule has 0 amide bonds. The van der Waals surface area contributed by atoms with E-state index in [2.05, 4.69) is 45.0 Å². The average molecular weight is 294 g/mol. The Morgan fingerprint density at radius 2 is 1.82 bits per heavy atom. The van der Waals surface area contributed by atoms with Gasteiger partial charge in [0.1, 0.15) is 0 Å². The smallest absolute Gasteiger partial charge is 0.328 e. The molecular formula is C20H22O2. The molecule has 0 radical (unpaired) electrons. The third-order valence-corrected chi connectivity index (χ3v) is 3.58. The monoisotopic (exact) mass is 294 g/mol. The summed E-state index contributed by atoms with van der Waals surface area (Å²) in [6.07, 6.45) is 3.87. The molecule has 0 aliphatic carbocycles. The van der Waals surface area contributed by atoms with Crippen LogP contribution >= 0.6 is 0 Å². The normalized spacial score (nSPS) is 11.3. The molecule has 2 nitrogen and oxygen atoms in total. The molecule has 0 aromatic heterocycles. The Hall–Kier alpha value is -2.35. The third-order valence-electron chi connectivity index (χ3n) is 3.58. The van der Waals surface area contributed by atoms with Gasteiger partial charge < -0.3 is 5.11 Å². The van der Waals surface area contributed by atoms with E-state index in [-0.39, 0.29) is 0 Å². The minimum Gasteiger partial charge on any atom is -0.478 e. The topological polar surface area (TPSA) is 37.3 Å². The number of carbonyl (C=O) groups is 1. The zero-order valence-electron chi connectivity index (χ0n) is 13.3. The number of benzene rings is 2. The Kier molecular flexibility index (Phi) is 5.16. The van der Waals surface area contributed by atoms with Crippen molar-refractivity contribution in [3.63, 3.8) is 0 Å². The summed E-state index contributed by atoms with van der Waals surface area (Å²) in [7, 11) is 0. The van der Waals surface area contributed by atoms with Crippen LogP contribution in [0.4, 0.5) is 0 Å². The summed E-state index contributed by atoms with van der Waals surface area (Å²) >= 11 is 0. The molecule has 0 spiro atoms. The molecule has 2 aromatic rings. The maximum atomic E-state index is 10.6. The first-order chi connectivity index (χ1) is 10.5. The zero-order valence-corrected chi connectivity index (χ0v) is 13.3. The van der Waals surface area contributed by atoms with Crippen molar-refractivity contribution in [2.45, 2.75) is 27.2 Å². The Balaban J connectivity index is 2.23. The molecule has 0 unspecified atom stereocenters. The van der Waals surface area contributed by atoms with Crippen molar-refractivity contribution in [3.8, 4) is 11.1 Å². The van der Waals surface area contributed by atoms with Crippen molar-refractivity contribution in [2.75, 3.05) is 0 Å². The Labute approximate surface area is 132 Å². The number of aryl methyl sites for hydroxylation is 1. The van der Waals surface area contributed by atoms with Crippen LogP contribution in [0.2, 0.25) is 0 Å². The predicted octanol–water partition coefficient (Wildman–Crippen LogP) is 4.96. The molecule has 0 heterocycles. The van der Waals surface area contributed by atoms with E-state index >= 15 is 0 Å². The highest BCUT2D eigenvalue weighted by Crippen LogP contribution is 2.25. The summed E-state index contributed by atoms with van der Waals surface area (Å²) in [6.45, 7) is 6.50. The quantitative estimate of drug-likeness (QED) is 0.791. The molecule has 2 aromatic carbocycles. The summed E-state index contributed by atoms with van der Waals surface area (Å²) in [5.74, 6) is -0.268. The molecule has 0 saturated heterocycles. The summed E-state index contributed by atoms with van der Waals surface area (Å²) in [5, 5.41) is 8.68. The van der Waals surface area contributed by atoms with Crippen molar-refractivity contribution in [1.29, 1.82) is 0 Å². The van der Waals surface area contributed by atoms with Gasteiger partial charge in [-0.2, -0.15) is 0 Å². The van der Waals surface area contributed by atoms with E-state index < -0.39 is 5.97 Å². The first-order valence-electron chi connectivity index (χ1n) is 7.56. The first kappa shape index (κ1) is 16.0. The molecule has 2 heteroatoms. The van der Waals surface area contributed by atoms with Crippen LogP contribution in [0.1, 0.15) is 30.5 Å². The first-order valence-corrected chi connectivity index (χ1v) is 7.56. The highest BCUT2D eigenvalue weighted by Gasteiger charge is 2.04. The van der Waals surface area contributed by atoms with E-state index in [1.54, 1.807) is 6.08 Å². The molecule has 0 bridgehead atoms. The van der Waals surface area contributed by atoms with Gasteiger partial charge in [-0.3, -0.25) is 0 Å². The van der Waals surface area contributed by atoms with Crippen LogP contribution in [0.25, 0.3) is 17.2 Å². The molecule has 0 aliphatic rings. The molecular weight excluding hydrogens is 272 g/mol. The summed E-state index contributed by atoms with van der Waals surface area (Å²) in [4.78, 5) is 10.6. The lowest BCUT2D eigenvalue weighted by Gasteiger charge is -2.09. The second kappa shape index (κ2) is 7.08. The lowest BCUT2D eigenvalue weighted by Crippen LogP contribution is -1.93. The zero-order chi connectivity index (χ0) is 16.1. The SMILES string of the molecule is Cc1cc(/C=C/C(=O)O)ccc1-c1ccc(CC(C)C)cc1. The fourth-order valence-electron chi connectivity index (χ4n) is 2.57. The molecule has 114 valence electrons. The minimum absolute atomic E-state index is 0.660. The maximum absolute atomic E-state index is 10.6. The highest BCUT2D eigenvalue weighted by atomic mass is 16.4. The van der Waals surface area contributed by atoms with Gasteiger partial charge in [0, 0.05) is 6.08 Å². The molecule has 1 N–H and O–H groups in total. The molecule has 0 saturated carbocycles. The number of hydrogen-bond donors (Lipinski definition) is 1. The lowest BCUT2D eigenvalue weighted by molar-refractivity contribution is -0.131. The van der Waals surface area contributed by atoms with E-state index in [9.17, 15) is 4.79 Å². The van der Waals surface area contributed by atoms with Crippen LogP contribution in [0.3, 0.4) is 0 Å². The fourth-order valence-corrected chi connectivity index (χ4v) is 2.57. The van der Waals surface area contributed by atoms with Crippen LogP contribution in [0.15, 0.2) is 48.5 Å². The Morgan fingerprint density at radius 3 is 2.36 bits per heavy atom. The van der Waals surface area contributed by atoms with Gasteiger partial charge in [0.05, 0.1) is 0 Å². The standard InChI is InChI=1S/C20H22O2/c1-14(2)12-16-4-8-18(9-5-16)19-10-6-17(13-15(19)3)7-11-20(21)22/h4-11,13-14H,12H2,1-3H3,(H,21,22)/b11-7+. The second-order valence-electron chi connectivity index (χ2n) is 6.04. The van der Waals surface area contributed by atoms with Crippen LogP contribution in [0.5, 0.6) is 0 Å². The van der Waals surface area contributed by atoms with Crippen molar-refractivity contribution < 1.29 is 9.90 Å². The van der Waals surface area contributed by atoms with E-state index in [0.29, 0.717) is 5.92 Å².